The SMILES string of the molecule is Nc1nc(Nc2cc(Cl)c(C3=CCNCC3)c(C(F)C(F)F)c2)n[nH]1. The van der Waals surface area contributed by atoms with Crippen molar-refractivity contribution in [3.8, 4) is 0 Å². The minimum atomic E-state index is -3.16. The predicted molar refractivity (Wildman–Crippen MR) is 90.8 cm³/mol. The molecule has 1 aliphatic heterocycles. The molecule has 10 heteroatoms. The van der Waals surface area contributed by atoms with E-state index in [2.05, 4.69) is 25.8 Å². The molecule has 134 valence electrons. The minimum Gasteiger partial charge on any atom is -0.368 e. The fraction of sp³-hybridized carbons (Fsp3) is 0.333. The molecule has 0 bridgehead atoms. The van der Waals surface area contributed by atoms with Crippen LogP contribution in [0.15, 0.2) is 18.2 Å². The van der Waals surface area contributed by atoms with Crippen LogP contribution in [0.4, 0.5) is 30.8 Å². The molecule has 25 heavy (non-hydrogen) atoms. The Hall–Kier alpha value is -2.26. The van der Waals surface area contributed by atoms with E-state index in [0.29, 0.717) is 30.8 Å². The first kappa shape index (κ1) is 17.6. The van der Waals surface area contributed by atoms with Crippen LogP contribution in [0, 0.1) is 0 Å². The Kier molecular flexibility index (Phi) is 5.14. The number of aromatic nitrogens is 3. The molecule has 5 N–H and O–H groups in total. The lowest BCUT2D eigenvalue weighted by molar-refractivity contribution is 0.0494. The van der Waals surface area contributed by atoms with Crippen LogP contribution < -0.4 is 16.4 Å². The number of hydrogen-bond donors (Lipinski definition) is 4. The number of H-pyrrole nitrogens is 1. The van der Waals surface area contributed by atoms with Crippen LogP contribution in [0.3, 0.4) is 0 Å². The number of hydrogen-bond acceptors (Lipinski definition) is 5. The molecule has 1 atom stereocenters. The van der Waals surface area contributed by atoms with Crippen LogP contribution in [0.1, 0.15) is 23.7 Å². The van der Waals surface area contributed by atoms with Crippen molar-refractivity contribution in [1.82, 2.24) is 20.5 Å². The molecule has 3 rings (SSSR count). The molecular weight excluding hydrogens is 357 g/mol. The third-order valence-electron chi connectivity index (χ3n) is 3.78. The second kappa shape index (κ2) is 7.32. The van der Waals surface area contributed by atoms with E-state index in [1.54, 1.807) is 0 Å². The predicted octanol–water partition coefficient (Wildman–Crippen LogP) is 3.44. The molecule has 0 fully saturated rings. The molecule has 2 aromatic rings. The van der Waals surface area contributed by atoms with Gasteiger partial charge in [-0.25, -0.2) is 18.3 Å². The maximum atomic E-state index is 14.2. The highest BCUT2D eigenvalue weighted by atomic mass is 35.5. The topological polar surface area (TPSA) is 91.7 Å². The molecule has 1 aromatic heterocycles. The summed E-state index contributed by atoms with van der Waals surface area (Å²) in [6.07, 6.45) is -3.21. The Bertz CT molecular complexity index is 792. The lowest BCUT2D eigenvalue weighted by Gasteiger charge is -2.21. The zero-order chi connectivity index (χ0) is 18.0. The summed E-state index contributed by atoms with van der Waals surface area (Å²) in [5.74, 6) is 0.210. The standard InChI is InChI=1S/C15H16ClF3N6/c16-10-6-8(22-15-23-14(20)24-25-15)5-9(12(17)13(18)19)11(10)7-1-3-21-4-2-7/h1,5-6,12-13,21H,2-4H2,(H4,20,22,23,24,25). The van der Waals surface area contributed by atoms with Crippen molar-refractivity contribution in [3.05, 3.63) is 34.4 Å². The zero-order valence-corrected chi connectivity index (χ0v) is 13.7. The molecule has 1 aromatic carbocycles. The average molecular weight is 373 g/mol. The summed E-state index contributed by atoms with van der Waals surface area (Å²) in [5.41, 5.74) is 6.62. The van der Waals surface area contributed by atoms with Crippen molar-refractivity contribution < 1.29 is 13.2 Å². The lowest BCUT2D eigenvalue weighted by Crippen LogP contribution is -2.21. The van der Waals surface area contributed by atoms with Gasteiger partial charge in [0, 0.05) is 23.4 Å². The molecule has 1 aliphatic rings. The monoisotopic (exact) mass is 372 g/mol. The molecule has 0 aliphatic carbocycles. The first-order valence-corrected chi connectivity index (χ1v) is 7.94. The second-order valence-electron chi connectivity index (χ2n) is 5.51. The number of benzene rings is 1. The summed E-state index contributed by atoms with van der Waals surface area (Å²) in [6, 6.07) is 2.82. The van der Waals surface area contributed by atoms with Gasteiger partial charge >= 0.3 is 0 Å². The Balaban J connectivity index is 2.04. The molecule has 6 nitrogen and oxygen atoms in total. The van der Waals surface area contributed by atoms with E-state index in [0.717, 1.165) is 5.57 Å². The second-order valence-corrected chi connectivity index (χ2v) is 5.92. The summed E-state index contributed by atoms with van der Waals surface area (Å²) in [4.78, 5) is 3.85. The van der Waals surface area contributed by atoms with Gasteiger partial charge in [0.25, 0.3) is 6.43 Å². The number of aromatic amines is 1. The molecular formula is C15H16ClF3N6. The number of rotatable bonds is 5. The van der Waals surface area contributed by atoms with Crippen LogP contribution in [0.5, 0.6) is 0 Å². The summed E-state index contributed by atoms with van der Waals surface area (Å²) in [7, 11) is 0. The van der Waals surface area contributed by atoms with Gasteiger partial charge < -0.3 is 16.4 Å². The quantitative estimate of drug-likeness (QED) is 0.645. The van der Waals surface area contributed by atoms with Crippen molar-refractivity contribution >= 4 is 34.8 Å². The van der Waals surface area contributed by atoms with E-state index < -0.39 is 12.6 Å². The molecule has 1 unspecified atom stereocenters. The fourth-order valence-corrected chi connectivity index (χ4v) is 3.05. The average Bonchev–Trinajstić information content (AvgIpc) is 2.99. The van der Waals surface area contributed by atoms with E-state index in [1.165, 1.54) is 12.1 Å². The van der Waals surface area contributed by atoms with Crippen LogP contribution in [0.2, 0.25) is 5.02 Å². The maximum absolute atomic E-state index is 14.2. The van der Waals surface area contributed by atoms with Crippen molar-refractivity contribution in [2.24, 2.45) is 0 Å². The molecule has 0 radical (unpaired) electrons. The Morgan fingerprint density at radius 2 is 2.08 bits per heavy atom. The van der Waals surface area contributed by atoms with Gasteiger partial charge in [-0.3, -0.25) is 0 Å². The molecule has 0 saturated carbocycles. The van der Waals surface area contributed by atoms with Crippen molar-refractivity contribution in [2.75, 3.05) is 24.1 Å². The van der Waals surface area contributed by atoms with Crippen molar-refractivity contribution in [2.45, 2.75) is 19.0 Å². The van der Waals surface area contributed by atoms with Gasteiger partial charge in [-0.2, -0.15) is 4.98 Å². The van der Waals surface area contributed by atoms with Gasteiger partial charge in [0.05, 0.1) is 5.02 Å². The smallest absolute Gasteiger partial charge is 0.273 e. The van der Waals surface area contributed by atoms with Gasteiger partial charge in [-0.15, -0.1) is 5.10 Å². The highest BCUT2D eigenvalue weighted by Gasteiger charge is 2.28. The number of alkyl halides is 3. The van der Waals surface area contributed by atoms with Gasteiger partial charge in [-0.1, -0.05) is 17.7 Å². The van der Waals surface area contributed by atoms with Gasteiger partial charge in [0.2, 0.25) is 11.9 Å². The first-order chi connectivity index (χ1) is 12.0. The maximum Gasteiger partial charge on any atom is 0.273 e. The van der Waals surface area contributed by atoms with Gasteiger partial charge in [0.1, 0.15) is 0 Å². The van der Waals surface area contributed by atoms with Crippen LogP contribution in [-0.2, 0) is 0 Å². The fourth-order valence-electron chi connectivity index (χ4n) is 2.70. The first-order valence-electron chi connectivity index (χ1n) is 7.56. The van der Waals surface area contributed by atoms with E-state index in [-0.39, 0.29) is 22.5 Å². The minimum absolute atomic E-state index is 0.0845. The molecule has 0 amide bonds. The molecule has 0 saturated heterocycles. The largest absolute Gasteiger partial charge is 0.368 e. The van der Waals surface area contributed by atoms with Gasteiger partial charge in [-0.05, 0) is 30.7 Å². The number of nitrogens with zero attached hydrogens (tertiary/aromatic N) is 2. The van der Waals surface area contributed by atoms with Crippen LogP contribution >= 0.6 is 11.6 Å². The van der Waals surface area contributed by atoms with E-state index in [9.17, 15) is 13.2 Å². The number of nitrogens with two attached hydrogens (primary N) is 1. The zero-order valence-electron chi connectivity index (χ0n) is 13.0. The highest BCUT2D eigenvalue weighted by molar-refractivity contribution is 6.32. The van der Waals surface area contributed by atoms with Gasteiger partial charge in [0.15, 0.2) is 6.17 Å². The summed E-state index contributed by atoms with van der Waals surface area (Å²) < 4.78 is 40.3. The number of anilines is 3. The van der Waals surface area contributed by atoms with E-state index in [1.807, 2.05) is 6.08 Å². The van der Waals surface area contributed by atoms with Crippen LogP contribution in [0.25, 0.3) is 5.57 Å². The highest BCUT2D eigenvalue weighted by Crippen LogP contribution is 2.39. The summed E-state index contributed by atoms with van der Waals surface area (Å²) >= 11 is 6.30. The third kappa shape index (κ3) is 3.88. The molecule has 0 spiro atoms. The van der Waals surface area contributed by atoms with E-state index in [4.69, 9.17) is 17.3 Å². The summed E-state index contributed by atoms with van der Waals surface area (Å²) in [6.45, 7) is 1.25. The Labute approximate surface area is 146 Å². The lowest BCUT2D eigenvalue weighted by atomic mass is 9.92. The van der Waals surface area contributed by atoms with E-state index >= 15 is 0 Å². The third-order valence-corrected chi connectivity index (χ3v) is 4.08. The normalized spacial score (nSPS) is 16.0. The molecule has 2 heterocycles. The number of halogens is 4. The number of nitrogen functional groups attached to an aromatic ring is 1. The Morgan fingerprint density at radius 1 is 1.28 bits per heavy atom. The number of nitrogens with one attached hydrogen (secondary N) is 3. The van der Waals surface area contributed by atoms with Crippen molar-refractivity contribution in [3.63, 3.8) is 0 Å². The van der Waals surface area contributed by atoms with Crippen LogP contribution in [-0.4, -0.2) is 34.7 Å². The van der Waals surface area contributed by atoms with Crippen molar-refractivity contribution in [1.29, 1.82) is 0 Å². The summed E-state index contributed by atoms with van der Waals surface area (Å²) in [5, 5.41) is 12.3. The Morgan fingerprint density at radius 3 is 2.68 bits per heavy atom.